The molecular weight excluding hydrogens is 290 g/mol. The van der Waals surface area contributed by atoms with Crippen LogP contribution in [0.5, 0.6) is 0 Å². The van der Waals surface area contributed by atoms with E-state index in [0.717, 1.165) is 32.5 Å². The molecule has 1 aliphatic heterocycles. The summed E-state index contributed by atoms with van der Waals surface area (Å²) in [5.74, 6) is 0.586. The molecule has 1 aromatic rings. The van der Waals surface area contributed by atoms with Crippen molar-refractivity contribution in [2.75, 3.05) is 13.1 Å². The van der Waals surface area contributed by atoms with E-state index in [-0.39, 0.29) is 17.7 Å². The summed E-state index contributed by atoms with van der Waals surface area (Å²) in [4.78, 5) is 14.2. The van der Waals surface area contributed by atoms with Crippen molar-refractivity contribution in [2.45, 2.75) is 71.9 Å². The van der Waals surface area contributed by atoms with Gasteiger partial charge in [0.05, 0.1) is 18.7 Å². The van der Waals surface area contributed by atoms with Gasteiger partial charge in [0.1, 0.15) is 0 Å². The molecule has 1 N–H and O–H groups in total. The predicted octanol–water partition coefficient (Wildman–Crippen LogP) is 2.80. The fourth-order valence-corrected chi connectivity index (χ4v) is 3.34. The minimum atomic E-state index is -0.539. The summed E-state index contributed by atoms with van der Waals surface area (Å²) < 4.78 is 1.95. The molecule has 5 nitrogen and oxygen atoms in total. The standard InChI is InChI=1S/C18H31N3O2/c1-5-21-13-15(12-19-21)14-6-8-20(9-7-14)17(23)10-16(22)11-18(2,3)4/h12-14,16,22H,5-11H2,1-4H3. The van der Waals surface area contributed by atoms with E-state index in [1.807, 2.05) is 15.8 Å². The summed E-state index contributed by atoms with van der Waals surface area (Å²) in [6.07, 6.45) is 6.41. The van der Waals surface area contributed by atoms with Gasteiger partial charge in [-0.2, -0.15) is 5.10 Å². The van der Waals surface area contributed by atoms with Crippen LogP contribution in [0.1, 0.15) is 64.9 Å². The fourth-order valence-electron chi connectivity index (χ4n) is 3.34. The summed E-state index contributed by atoms with van der Waals surface area (Å²) >= 11 is 0. The van der Waals surface area contributed by atoms with Gasteiger partial charge in [0.25, 0.3) is 0 Å². The number of carbonyl (C=O) groups is 1. The summed E-state index contributed by atoms with van der Waals surface area (Å²) in [6, 6.07) is 0. The first kappa shape index (κ1) is 18.0. The lowest BCUT2D eigenvalue weighted by atomic mass is 9.87. The van der Waals surface area contributed by atoms with E-state index in [0.29, 0.717) is 12.3 Å². The molecule has 0 radical (unpaired) electrons. The number of aromatic nitrogens is 2. The van der Waals surface area contributed by atoms with E-state index < -0.39 is 6.10 Å². The molecule has 23 heavy (non-hydrogen) atoms. The Bertz CT molecular complexity index is 511. The molecule has 0 aliphatic carbocycles. The minimum Gasteiger partial charge on any atom is -0.393 e. The Hall–Kier alpha value is -1.36. The second-order valence-electron chi connectivity index (χ2n) is 7.91. The Morgan fingerprint density at radius 2 is 2.04 bits per heavy atom. The molecule has 1 aromatic heterocycles. The van der Waals surface area contributed by atoms with E-state index in [4.69, 9.17) is 0 Å². The molecule has 0 saturated carbocycles. The lowest BCUT2D eigenvalue weighted by molar-refractivity contribution is -0.134. The first-order chi connectivity index (χ1) is 10.8. The molecule has 1 fully saturated rings. The van der Waals surface area contributed by atoms with Gasteiger partial charge in [0.15, 0.2) is 0 Å². The van der Waals surface area contributed by atoms with Crippen LogP contribution >= 0.6 is 0 Å². The van der Waals surface area contributed by atoms with Gasteiger partial charge in [0.2, 0.25) is 5.91 Å². The molecule has 0 spiro atoms. The van der Waals surface area contributed by atoms with Crippen LogP contribution in [-0.4, -0.2) is 44.9 Å². The van der Waals surface area contributed by atoms with Crippen LogP contribution in [0.4, 0.5) is 0 Å². The molecule has 5 heteroatoms. The van der Waals surface area contributed by atoms with Crippen molar-refractivity contribution in [1.29, 1.82) is 0 Å². The van der Waals surface area contributed by atoms with Crippen molar-refractivity contribution in [1.82, 2.24) is 14.7 Å². The van der Waals surface area contributed by atoms with Gasteiger partial charge < -0.3 is 10.0 Å². The predicted molar refractivity (Wildman–Crippen MR) is 91.2 cm³/mol. The summed E-state index contributed by atoms with van der Waals surface area (Å²) in [5.41, 5.74) is 1.33. The quantitative estimate of drug-likeness (QED) is 0.907. The summed E-state index contributed by atoms with van der Waals surface area (Å²) in [6.45, 7) is 10.8. The maximum Gasteiger partial charge on any atom is 0.225 e. The lowest BCUT2D eigenvalue weighted by Gasteiger charge is -2.32. The maximum absolute atomic E-state index is 12.3. The number of nitrogens with zero attached hydrogens (tertiary/aromatic N) is 3. The molecule has 1 atom stereocenters. The zero-order valence-electron chi connectivity index (χ0n) is 15.0. The smallest absolute Gasteiger partial charge is 0.225 e. The third-order valence-corrected chi connectivity index (χ3v) is 4.55. The van der Waals surface area contributed by atoms with Crippen molar-refractivity contribution in [3.63, 3.8) is 0 Å². The summed E-state index contributed by atoms with van der Waals surface area (Å²) in [5, 5.41) is 14.4. The zero-order chi connectivity index (χ0) is 17.0. The highest BCUT2D eigenvalue weighted by Crippen LogP contribution is 2.28. The van der Waals surface area contributed by atoms with Gasteiger partial charge in [-0.05, 0) is 43.1 Å². The molecular formula is C18H31N3O2. The largest absolute Gasteiger partial charge is 0.393 e. The van der Waals surface area contributed by atoms with Gasteiger partial charge >= 0.3 is 0 Å². The SMILES string of the molecule is CCn1cc(C2CCN(C(=O)CC(O)CC(C)(C)C)CC2)cn1. The zero-order valence-corrected chi connectivity index (χ0v) is 15.0. The van der Waals surface area contributed by atoms with Crippen LogP contribution in [0.25, 0.3) is 0 Å². The fraction of sp³-hybridized carbons (Fsp3) is 0.778. The van der Waals surface area contributed by atoms with E-state index in [2.05, 4.69) is 39.0 Å². The molecule has 130 valence electrons. The average Bonchev–Trinajstić information content (AvgIpc) is 2.94. The number of rotatable bonds is 5. The van der Waals surface area contributed by atoms with Crippen LogP contribution in [0.15, 0.2) is 12.4 Å². The third-order valence-electron chi connectivity index (χ3n) is 4.55. The Morgan fingerprint density at radius 3 is 2.57 bits per heavy atom. The van der Waals surface area contributed by atoms with E-state index in [1.165, 1.54) is 5.56 Å². The number of aliphatic hydroxyl groups excluding tert-OH is 1. The number of likely N-dealkylation sites (tertiary alicyclic amines) is 1. The number of aliphatic hydroxyl groups is 1. The highest BCUT2D eigenvalue weighted by Gasteiger charge is 2.27. The second-order valence-corrected chi connectivity index (χ2v) is 7.91. The Labute approximate surface area is 139 Å². The third kappa shape index (κ3) is 5.34. The van der Waals surface area contributed by atoms with Crippen molar-refractivity contribution < 1.29 is 9.90 Å². The Morgan fingerprint density at radius 1 is 1.39 bits per heavy atom. The molecule has 1 aliphatic rings. The van der Waals surface area contributed by atoms with Gasteiger partial charge in [-0.15, -0.1) is 0 Å². The first-order valence-corrected chi connectivity index (χ1v) is 8.76. The van der Waals surface area contributed by atoms with Crippen LogP contribution in [0.2, 0.25) is 0 Å². The number of aryl methyl sites for hydroxylation is 1. The van der Waals surface area contributed by atoms with E-state index >= 15 is 0 Å². The van der Waals surface area contributed by atoms with Gasteiger partial charge in [-0.25, -0.2) is 0 Å². The minimum absolute atomic E-state index is 0.0477. The van der Waals surface area contributed by atoms with Crippen LogP contribution in [0.3, 0.4) is 0 Å². The molecule has 1 saturated heterocycles. The number of hydrogen-bond donors (Lipinski definition) is 1. The van der Waals surface area contributed by atoms with Crippen molar-refractivity contribution in [3.8, 4) is 0 Å². The van der Waals surface area contributed by atoms with Crippen molar-refractivity contribution in [2.24, 2.45) is 5.41 Å². The second kappa shape index (κ2) is 7.47. The molecule has 1 amide bonds. The normalized spacial score (nSPS) is 18.2. The van der Waals surface area contributed by atoms with Gasteiger partial charge in [0, 0.05) is 25.8 Å². The number of hydrogen-bond acceptors (Lipinski definition) is 3. The number of carbonyl (C=O) groups excluding carboxylic acids is 1. The molecule has 1 unspecified atom stereocenters. The summed E-state index contributed by atoms with van der Waals surface area (Å²) in [7, 11) is 0. The molecule has 2 heterocycles. The first-order valence-electron chi connectivity index (χ1n) is 8.76. The Kier molecular flexibility index (Phi) is 5.84. The van der Waals surface area contributed by atoms with E-state index in [9.17, 15) is 9.90 Å². The Balaban J connectivity index is 1.80. The van der Waals surface area contributed by atoms with Gasteiger partial charge in [-0.3, -0.25) is 9.48 Å². The number of amides is 1. The van der Waals surface area contributed by atoms with E-state index in [1.54, 1.807) is 0 Å². The van der Waals surface area contributed by atoms with Crippen molar-refractivity contribution in [3.05, 3.63) is 18.0 Å². The lowest BCUT2D eigenvalue weighted by Crippen LogP contribution is -2.39. The average molecular weight is 321 g/mol. The molecule has 0 aromatic carbocycles. The monoisotopic (exact) mass is 321 g/mol. The highest BCUT2D eigenvalue weighted by molar-refractivity contribution is 5.76. The topological polar surface area (TPSA) is 58.4 Å². The molecule has 2 rings (SSSR count). The van der Waals surface area contributed by atoms with Crippen LogP contribution in [-0.2, 0) is 11.3 Å². The van der Waals surface area contributed by atoms with Crippen LogP contribution in [0, 0.1) is 5.41 Å². The number of piperidine rings is 1. The highest BCUT2D eigenvalue weighted by atomic mass is 16.3. The van der Waals surface area contributed by atoms with Gasteiger partial charge in [-0.1, -0.05) is 20.8 Å². The maximum atomic E-state index is 12.3. The van der Waals surface area contributed by atoms with Crippen LogP contribution < -0.4 is 0 Å². The van der Waals surface area contributed by atoms with Crippen molar-refractivity contribution >= 4 is 5.91 Å². The molecule has 0 bridgehead atoms.